The first kappa shape index (κ1) is 28.5. The van der Waals surface area contributed by atoms with Gasteiger partial charge in [-0.05, 0) is 24.0 Å². The van der Waals surface area contributed by atoms with E-state index in [1.807, 2.05) is 0 Å². The predicted octanol–water partition coefficient (Wildman–Crippen LogP) is 1.51. The zero-order valence-corrected chi connectivity index (χ0v) is 23.9. The minimum absolute atomic E-state index is 0.0283. The maximum absolute atomic E-state index is 14.9. The van der Waals surface area contributed by atoms with Gasteiger partial charge in [0.1, 0.15) is 11.9 Å². The zero-order chi connectivity index (χ0) is 29.9. The number of esters is 2. The molecular formula is C30H38O11. The number of aliphatic hydroxyl groups excluding tert-OH is 3. The normalized spacial score (nSPS) is 50.4. The van der Waals surface area contributed by atoms with Crippen molar-refractivity contribution < 1.29 is 53.1 Å². The van der Waals surface area contributed by atoms with Crippen molar-refractivity contribution in [3.63, 3.8) is 0 Å². The predicted molar refractivity (Wildman–Crippen MR) is 138 cm³/mol. The number of furan rings is 1. The van der Waals surface area contributed by atoms with Crippen molar-refractivity contribution in [3.05, 3.63) is 24.2 Å². The Kier molecular flexibility index (Phi) is 6.23. The van der Waals surface area contributed by atoms with Crippen molar-refractivity contribution in [3.8, 4) is 0 Å². The molecule has 0 aromatic carbocycles. The molecule has 4 saturated carbocycles. The molecule has 0 amide bonds. The van der Waals surface area contributed by atoms with E-state index < -0.39 is 93.8 Å². The van der Waals surface area contributed by atoms with Crippen LogP contribution in [0, 0.1) is 39.4 Å². The second-order valence-electron chi connectivity index (χ2n) is 13.6. The highest BCUT2D eigenvalue weighted by Gasteiger charge is 2.82. The van der Waals surface area contributed by atoms with Crippen LogP contribution < -0.4 is 0 Å². The van der Waals surface area contributed by atoms with Gasteiger partial charge in [0, 0.05) is 60.7 Å². The molecule has 4 aliphatic carbocycles. The van der Waals surface area contributed by atoms with Crippen LogP contribution in [-0.2, 0) is 33.4 Å². The molecule has 2 heterocycles. The highest BCUT2D eigenvalue weighted by Crippen LogP contribution is 2.75. The standard InChI is InChI=1S/C30H38O11/c1-13(31)40-21-10-20(35)30-12-39-26(37)28(21,4)18(30)9-19(34)29(5)23-17(33)8-16(15-6-7-38-11-15)27(23,3)25(41-14(2)32)22(36)24(29)30/h6-7,11,16,18-21,23-26,34-35,37H,8-10,12H2,1-5H3/t16-,18-,19+,20-,21+,23+,24-,25-,26?,27-,28+,29-,30+/m0/s1. The van der Waals surface area contributed by atoms with Gasteiger partial charge in [0.05, 0.1) is 36.8 Å². The molecule has 41 heavy (non-hydrogen) atoms. The van der Waals surface area contributed by atoms with Crippen LogP contribution in [0.25, 0.3) is 0 Å². The summed E-state index contributed by atoms with van der Waals surface area (Å²) in [5.41, 5.74) is -4.52. The lowest BCUT2D eigenvalue weighted by molar-refractivity contribution is -0.371. The fraction of sp³-hybridized carbons (Fsp3) is 0.733. The van der Waals surface area contributed by atoms with E-state index in [4.69, 9.17) is 18.6 Å². The van der Waals surface area contributed by atoms with Crippen LogP contribution in [0.1, 0.15) is 65.4 Å². The van der Waals surface area contributed by atoms with Gasteiger partial charge in [0.2, 0.25) is 0 Å². The van der Waals surface area contributed by atoms with E-state index in [0.29, 0.717) is 5.56 Å². The van der Waals surface area contributed by atoms with Crippen molar-refractivity contribution in [1.82, 2.24) is 0 Å². The van der Waals surface area contributed by atoms with Crippen LogP contribution >= 0.6 is 0 Å². The smallest absolute Gasteiger partial charge is 0.303 e. The van der Waals surface area contributed by atoms with Crippen LogP contribution in [0.4, 0.5) is 0 Å². The molecule has 0 radical (unpaired) electrons. The van der Waals surface area contributed by atoms with Crippen molar-refractivity contribution in [2.45, 2.75) is 90.5 Å². The van der Waals surface area contributed by atoms with Crippen LogP contribution in [0.3, 0.4) is 0 Å². The number of Topliss-reactive ketones (excluding diaryl/α,β-unsaturated/α-hetero) is 2. The third-order valence-corrected chi connectivity index (χ3v) is 11.9. The topological polar surface area (TPSA) is 170 Å². The molecule has 5 fully saturated rings. The van der Waals surface area contributed by atoms with Crippen molar-refractivity contribution >= 4 is 23.5 Å². The summed E-state index contributed by atoms with van der Waals surface area (Å²) in [4.78, 5) is 53.5. The maximum atomic E-state index is 14.9. The van der Waals surface area contributed by atoms with Gasteiger partial charge >= 0.3 is 11.9 Å². The SMILES string of the molecule is CC(=O)O[C@@H]1C[C@H](O)[C@@]23COC(O)[C@]1(C)[C@@H]2C[C@@H](O)[C@@]1(C)[C@@H]2C(=O)C[C@@H](c4ccoc4)[C@]2(C)[C@@H](OC(C)=O)C(=O)[C@@H]13. The van der Waals surface area contributed by atoms with Gasteiger partial charge in [-0.25, -0.2) is 0 Å². The largest absolute Gasteiger partial charge is 0.472 e. The molecule has 1 saturated heterocycles. The van der Waals surface area contributed by atoms with E-state index in [1.165, 1.54) is 26.4 Å². The molecule has 2 bridgehead atoms. The van der Waals surface area contributed by atoms with Gasteiger partial charge in [-0.2, -0.15) is 0 Å². The fourth-order valence-electron chi connectivity index (χ4n) is 10.3. The average molecular weight is 575 g/mol. The average Bonchev–Trinajstić information content (AvgIpc) is 3.50. The van der Waals surface area contributed by atoms with E-state index in [9.17, 15) is 34.5 Å². The molecule has 11 nitrogen and oxygen atoms in total. The number of hydrogen-bond donors (Lipinski definition) is 3. The van der Waals surface area contributed by atoms with Crippen LogP contribution in [0.5, 0.6) is 0 Å². The highest BCUT2D eigenvalue weighted by molar-refractivity contribution is 5.97. The molecule has 1 aliphatic heterocycles. The quantitative estimate of drug-likeness (QED) is 0.447. The first-order valence-corrected chi connectivity index (χ1v) is 14.2. The zero-order valence-electron chi connectivity index (χ0n) is 23.9. The number of ether oxygens (including phenoxy) is 3. The van der Waals surface area contributed by atoms with E-state index in [2.05, 4.69) is 0 Å². The van der Waals surface area contributed by atoms with Crippen molar-refractivity contribution in [2.75, 3.05) is 6.61 Å². The molecule has 11 heteroatoms. The van der Waals surface area contributed by atoms with Gasteiger partial charge in [0.25, 0.3) is 0 Å². The van der Waals surface area contributed by atoms with E-state index in [0.717, 1.165) is 0 Å². The Morgan fingerprint density at radius 2 is 1.61 bits per heavy atom. The van der Waals surface area contributed by atoms with Crippen LogP contribution in [0.2, 0.25) is 0 Å². The van der Waals surface area contributed by atoms with E-state index in [1.54, 1.807) is 26.8 Å². The summed E-state index contributed by atoms with van der Waals surface area (Å²) in [7, 11) is 0. The third kappa shape index (κ3) is 3.34. The number of ketones is 2. The lowest BCUT2D eigenvalue weighted by Crippen LogP contribution is -2.80. The number of hydrogen-bond acceptors (Lipinski definition) is 11. The van der Waals surface area contributed by atoms with Crippen molar-refractivity contribution in [2.24, 2.45) is 39.4 Å². The number of carbonyl (C=O) groups is 4. The summed E-state index contributed by atoms with van der Waals surface area (Å²) >= 11 is 0. The highest BCUT2D eigenvalue weighted by atomic mass is 16.6. The summed E-state index contributed by atoms with van der Waals surface area (Å²) < 4.78 is 22.6. The first-order valence-electron chi connectivity index (χ1n) is 14.2. The van der Waals surface area contributed by atoms with Gasteiger partial charge in [-0.3, -0.25) is 19.2 Å². The van der Waals surface area contributed by atoms with Gasteiger partial charge in [-0.15, -0.1) is 0 Å². The minimum Gasteiger partial charge on any atom is -0.472 e. The molecule has 224 valence electrons. The molecule has 1 aromatic rings. The molecule has 6 rings (SSSR count). The Bertz CT molecular complexity index is 1290. The number of carbonyl (C=O) groups excluding carboxylic acids is 4. The molecule has 3 N–H and O–H groups in total. The van der Waals surface area contributed by atoms with E-state index >= 15 is 0 Å². The van der Waals surface area contributed by atoms with Crippen LogP contribution in [-0.4, -0.2) is 76.1 Å². The summed E-state index contributed by atoms with van der Waals surface area (Å²) in [5, 5.41) is 35.1. The van der Waals surface area contributed by atoms with Gasteiger partial charge in [0.15, 0.2) is 18.2 Å². The molecule has 13 atom stereocenters. The van der Waals surface area contributed by atoms with Gasteiger partial charge in [-0.1, -0.05) is 20.8 Å². The second kappa shape index (κ2) is 8.95. The van der Waals surface area contributed by atoms with Crippen molar-refractivity contribution in [1.29, 1.82) is 0 Å². The molecule has 0 spiro atoms. The Balaban J connectivity index is 1.57. The second-order valence-corrected chi connectivity index (χ2v) is 13.6. The summed E-state index contributed by atoms with van der Waals surface area (Å²) in [6.45, 7) is 7.39. The number of rotatable bonds is 3. The minimum atomic E-state index is -1.40. The molecule has 1 unspecified atom stereocenters. The molecule has 5 aliphatic rings. The lowest BCUT2D eigenvalue weighted by Gasteiger charge is -2.72. The summed E-state index contributed by atoms with van der Waals surface area (Å²) in [6, 6.07) is 1.73. The Labute approximate surface area is 237 Å². The fourth-order valence-corrected chi connectivity index (χ4v) is 10.3. The molecule has 1 aromatic heterocycles. The maximum Gasteiger partial charge on any atom is 0.303 e. The molecular weight excluding hydrogens is 536 g/mol. The van der Waals surface area contributed by atoms with E-state index in [-0.39, 0.29) is 31.7 Å². The Hall–Kier alpha value is -2.60. The third-order valence-electron chi connectivity index (χ3n) is 11.9. The summed E-state index contributed by atoms with van der Waals surface area (Å²) in [6.07, 6.45) is -3.16. The summed E-state index contributed by atoms with van der Waals surface area (Å²) in [5.74, 6) is -5.30. The van der Waals surface area contributed by atoms with Gasteiger partial charge < -0.3 is 33.9 Å². The number of aliphatic hydroxyl groups is 3. The van der Waals surface area contributed by atoms with Crippen LogP contribution in [0.15, 0.2) is 23.0 Å². The Morgan fingerprint density at radius 1 is 0.927 bits per heavy atom. The number of fused-ring (bicyclic) bond motifs is 3. The Morgan fingerprint density at radius 3 is 2.22 bits per heavy atom. The lowest BCUT2D eigenvalue weighted by atomic mass is 9.33. The first-order chi connectivity index (χ1) is 19.2. The monoisotopic (exact) mass is 574 g/mol.